The quantitative estimate of drug-likeness (QED) is 0.771. The second kappa shape index (κ2) is 7.88. The molecule has 1 aromatic carbocycles. The fourth-order valence-electron chi connectivity index (χ4n) is 2.10. The molecular weight excluding hydrogens is 273 g/mol. The minimum Gasteiger partial charge on any atom is -0.481 e. The van der Waals surface area contributed by atoms with Crippen LogP contribution in [0.15, 0.2) is 24.3 Å². The second-order valence-corrected chi connectivity index (χ2v) is 5.45. The molecule has 0 aliphatic heterocycles. The molecule has 21 heavy (non-hydrogen) atoms. The lowest BCUT2D eigenvalue weighted by atomic mass is 9.88. The standard InChI is InChI=1S/C16H22FNO3/c1-3-10(2)15(18)14(19)9-12(16(20)21)8-11-4-6-13(17)7-5-11/h4-7,10,12,15H,3,8-9,18H2,1-2H3,(H,20,21)/t10-,12?,15-/m0/s1. The van der Waals surface area contributed by atoms with Gasteiger partial charge in [-0.15, -0.1) is 0 Å². The maximum atomic E-state index is 12.8. The summed E-state index contributed by atoms with van der Waals surface area (Å²) in [5, 5.41) is 9.25. The summed E-state index contributed by atoms with van der Waals surface area (Å²) >= 11 is 0. The van der Waals surface area contributed by atoms with Gasteiger partial charge in [-0.2, -0.15) is 0 Å². The van der Waals surface area contributed by atoms with Gasteiger partial charge in [0.25, 0.3) is 0 Å². The van der Waals surface area contributed by atoms with Crippen LogP contribution < -0.4 is 5.73 Å². The highest BCUT2D eigenvalue weighted by Gasteiger charge is 2.26. The third-order valence-corrected chi connectivity index (χ3v) is 3.82. The van der Waals surface area contributed by atoms with Crippen molar-refractivity contribution in [3.05, 3.63) is 35.6 Å². The van der Waals surface area contributed by atoms with Crippen molar-refractivity contribution in [2.75, 3.05) is 0 Å². The summed E-state index contributed by atoms with van der Waals surface area (Å²) in [6.07, 6.45) is 0.857. The number of halogens is 1. The average molecular weight is 295 g/mol. The summed E-state index contributed by atoms with van der Waals surface area (Å²) in [5.74, 6) is -2.46. The van der Waals surface area contributed by atoms with Crippen molar-refractivity contribution in [3.63, 3.8) is 0 Å². The van der Waals surface area contributed by atoms with Crippen LogP contribution in [0.2, 0.25) is 0 Å². The number of hydrogen-bond acceptors (Lipinski definition) is 3. The number of carboxylic acid groups (broad SMARTS) is 1. The van der Waals surface area contributed by atoms with Crippen molar-refractivity contribution in [2.24, 2.45) is 17.6 Å². The van der Waals surface area contributed by atoms with Gasteiger partial charge >= 0.3 is 5.97 Å². The van der Waals surface area contributed by atoms with Crippen LogP contribution in [0.5, 0.6) is 0 Å². The van der Waals surface area contributed by atoms with Crippen molar-refractivity contribution in [2.45, 2.75) is 39.2 Å². The molecule has 1 aromatic rings. The second-order valence-electron chi connectivity index (χ2n) is 5.45. The Kier molecular flexibility index (Phi) is 6.49. The number of carbonyl (C=O) groups excluding carboxylic acids is 1. The lowest BCUT2D eigenvalue weighted by Crippen LogP contribution is -2.38. The maximum absolute atomic E-state index is 12.8. The molecule has 0 aliphatic carbocycles. The Hall–Kier alpha value is -1.75. The van der Waals surface area contributed by atoms with Crippen LogP contribution in [0.25, 0.3) is 0 Å². The van der Waals surface area contributed by atoms with E-state index < -0.39 is 17.9 Å². The van der Waals surface area contributed by atoms with Crippen LogP contribution in [0.1, 0.15) is 32.3 Å². The first-order valence-electron chi connectivity index (χ1n) is 7.10. The maximum Gasteiger partial charge on any atom is 0.307 e. The summed E-state index contributed by atoms with van der Waals surface area (Å²) in [6, 6.07) is 4.99. The molecule has 0 bridgehead atoms. The summed E-state index contributed by atoms with van der Waals surface area (Å²) in [6.45, 7) is 3.81. The van der Waals surface area contributed by atoms with Gasteiger partial charge in [0.2, 0.25) is 0 Å². The number of ketones is 1. The average Bonchev–Trinajstić information content (AvgIpc) is 2.46. The summed E-state index contributed by atoms with van der Waals surface area (Å²) in [7, 11) is 0. The predicted molar refractivity (Wildman–Crippen MR) is 78.3 cm³/mol. The minimum absolute atomic E-state index is 0.0257. The molecule has 0 amide bonds. The summed E-state index contributed by atoms with van der Waals surface area (Å²) in [5.41, 5.74) is 6.53. The largest absolute Gasteiger partial charge is 0.481 e. The molecule has 0 aromatic heterocycles. The van der Waals surface area contributed by atoms with Gasteiger partial charge in [-0.1, -0.05) is 32.4 Å². The van der Waals surface area contributed by atoms with Gasteiger partial charge in [0.1, 0.15) is 5.82 Å². The number of aliphatic carboxylic acids is 1. The molecule has 116 valence electrons. The van der Waals surface area contributed by atoms with Gasteiger partial charge < -0.3 is 10.8 Å². The van der Waals surface area contributed by atoms with E-state index in [-0.39, 0.29) is 30.4 Å². The Bertz CT molecular complexity index is 487. The third-order valence-electron chi connectivity index (χ3n) is 3.82. The Morgan fingerprint density at radius 3 is 2.33 bits per heavy atom. The lowest BCUT2D eigenvalue weighted by molar-refractivity contribution is -0.144. The zero-order valence-corrected chi connectivity index (χ0v) is 12.4. The predicted octanol–water partition coefficient (Wildman–Crippen LogP) is 2.40. The minimum atomic E-state index is -1.04. The summed E-state index contributed by atoms with van der Waals surface area (Å²) in [4.78, 5) is 23.4. The highest BCUT2D eigenvalue weighted by Crippen LogP contribution is 2.17. The monoisotopic (exact) mass is 295 g/mol. The molecule has 0 saturated carbocycles. The van der Waals surface area contributed by atoms with Crippen molar-refractivity contribution in [1.82, 2.24) is 0 Å². The lowest BCUT2D eigenvalue weighted by Gasteiger charge is -2.19. The van der Waals surface area contributed by atoms with Crippen molar-refractivity contribution >= 4 is 11.8 Å². The Morgan fingerprint density at radius 2 is 1.86 bits per heavy atom. The first kappa shape index (κ1) is 17.3. The van der Waals surface area contributed by atoms with Gasteiger partial charge in [0, 0.05) is 6.42 Å². The first-order valence-corrected chi connectivity index (χ1v) is 7.10. The Morgan fingerprint density at radius 1 is 1.29 bits per heavy atom. The Balaban J connectivity index is 2.72. The number of Topliss-reactive ketones (excluding diaryl/α,β-unsaturated/α-hetero) is 1. The van der Waals surface area contributed by atoms with E-state index in [2.05, 4.69) is 0 Å². The number of hydrogen-bond donors (Lipinski definition) is 2. The highest BCUT2D eigenvalue weighted by molar-refractivity contribution is 5.88. The molecule has 0 aliphatic rings. The number of rotatable bonds is 8. The van der Waals surface area contributed by atoms with Crippen LogP contribution in [0.3, 0.4) is 0 Å². The van der Waals surface area contributed by atoms with E-state index >= 15 is 0 Å². The van der Waals surface area contributed by atoms with Crippen molar-refractivity contribution in [3.8, 4) is 0 Å². The molecular formula is C16H22FNO3. The molecule has 3 N–H and O–H groups in total. The van der Waals surface area contributed by atoms with Gasteiger partial charge in [0.05, 0.1) is 12.0 Å². The van der Waals surface area contributed by atoms with E-state index in [1.807, 2.05) is 13.8 Å². The van der Waals surface area contributed by atoms with Gasteiger partial charge in [0.15, 0.2) is 5.78 Å². The fraction of sp³-hybridized carbons (Fsp3) is 0.500. The molecule has 3 atom stereocenters. The van der Waals surface area contributed by atoms with Crippen LogP contribution in [-0.4, -0.2) is 22.9 Å². The molecule has 4 nitrogen and oxygen atoms in total. The van der Waals surface area contributed by atoms with Gasteiger partial charge in [-0.25, -0.2) is 4.39 Å². The molecule has 1 unspecified atom stereocenters. The molecule has 0 radical (unpaired) electrons. The van der Waals surface area contributed by atoms with E-state index in [9.17, 15) is 19.1 Å². The summed E-state index contributed by atoms with van der Waals surface area (Å²) < 4.78 is 12.8. The smallest absolute Gasteiger partial charge is 0.307 e. The molecule has 0 spiro atoms. The molecule has 5 heteroatoms. The number of nitrogens with two attached hydrogens (primary N) is 1. The van der Waals surface area contributed by atoms with Crippen molar-refractivity contribution < 1.29 is 19.1 Å². The van der Waals surface area contributed by atoms with E-state index in [4.69, 9.17) is 5.73 Å². The van der Waals surface area contributed by atoms with Crippen LogP contribution in [0, 0.1) is 17.7 Å². The van der Waals surface area contributed by atoms with Gasteiger partial charge in [-0.3, -0.25) is 9.59 Å². The topological polar surface area (TPSA) is 80.4 Å². The molecule has 1 rings (SSSR count). The van der Waals surface area contributed by atoms with Crippen LogP contribution in [0.4, 0.5) is 4.39 Å². The number of carboxylic acids is 1. The number of benzene rings is 1. The molecule has 0 fully saturated rings. The molecule has 0 saturated heterocycles. The highest BCUT2D eigenvalue weighted by atomic mass is 19.1. The van der Waals surface area contributed by atoms with E-state index in [0.29, 0.717) is 5.56 Å². The Labute approximate surface area is 124 Å². The van der Waals surface area contributed by atoms with E-state index in [1.165, 1.54) is 24.3 Å². The SMILES string of the molecule is CC[C@H](C)[C@H](N)C(=O)CC(Cc1ccc(F)cc1)C(=O)O. The number of carbonyl (C=O) groups is 2. The zero-order valence-electron chi connectivity index (χ0n) is 12.4. The molecule has 0 heterocycles. The normalized spacial score (nSPS) is 15.2. The van der Waals surface area contributed by atoms with Crippen molar-refractivity contribution in [1.29, 1.82) is 0 Å². The third kappa shape index (κ3) is 5.27. The van der Waals surface area contributed by atoms with E-state index in [0.717, 1.165) is 6.42 Å². The van der Waals surface area contributed by atoms with Gasteiger partial charge in [-0.05, 0) is 30.0 Å². The van der Waals surface area contributed by atoms with E-state index in [1.54, 1.807) is 0 Å². The fourth-order valence-corrected chi connectivity index (χ4v) is 2.10. The van der Waals surface area contributed by atoms with Crippen LogP contribution >= 0.6 is 0 Å². The van der Waals surface area contributed by atoms with Crippen LogP contribution in [-0.2, 0) is 16.0 Å². The first-order chi connectivity index (χ1) is 9.85. The zero-order chi connectivity index (χ0) is 16.0.